The molecule has 3 N–H and O–H groups in total. The van der Waals surface area contributed by atoms with Gasteiger partial charge in [0.2, 0.25) is 5.88 Å². The first-order valence-electron chi connectivity index (χ1n) is 6.88. The van der Waals surface area contributed by atoms with Crippen molar-refractivity contribution < 1.29 is 14.6 Å². The summed E-state index contributed by atoms with van der Waals surface area (Å²) in [4.78, 5) is 29.4. The van der Waals surface area contributed by atoms with Crippen molar-refractivity contribution in [1.82, 2.24) is 15.3 Å². The molecule has 1 aromatic heterocycles. The van der Waals surface area contributed by atoms with E-state index in [0.717, 1.165) is 6.07 Å². The number of hydrogen-bond acceptors (Lipinski definition) is 5. The molecule has 0 saturated carbocycles. The second-order valence-electron chi connectivity index (χ2n) is 4.51. The lowest BCUT2D eigenvalue weighted by Crippen LogP contribution is -2.26. The molecule has 0 fully saturated rings. The minimum atomic E-state index is -0.430. The number of H-pyrrole nitrogens is 1. The van der Waals surface area contributed by atoms with E-state index in [4.69, 9.17) is 4.74 Å². The first-order valence-corrected chi connectivity index (χ1v) is 6.88. The summed E-state index contributed by atoms with van der Waals surface area (Å²) in [6, 6.07) is 7.80. The Morgan fingerprint density at radius 1 is 1.36 bits per heavy atom. The molecule has 0 aliphatic carbocycles. The highest BCUT2D eigenvalue weighted by molar-refractivity contribution is 5.94. The lowest BCUT2D eigenvalue weighted by Gasteiger charge is -2.06. The lowest BCUT2D eigenvalue weighted by atomic mass is 10.2. The number of rotatable bonds is 6. The number of carbonyl (C=O) groups excluding carboxylic acids is 1. The topological polar surface area (TPSA) is 104 Å². The number of hydrogen-bond donors (Lipinski definition) is 3. The number of nitrogens with one attached hydrogen (secondary N) is 2. The van der Waals surface area contributed by atoms with Gasteiger partial charge in [-0.2, -0.15) is 0 Å². The van der Waals surface area contributed by atoms with E-state index in [9.17, 15) is 14.7 Å². The Kier molecular flexibility index (Phi) is 5.13. The fourth-order valence-electron chi connectivity index (χ4n) is 1.88. The Balaban J connectivity index is 1.88. The maximum atomic E-state index is 11.9. The average molecular weight is 303 g/mol. The van der Waals surface area contributed by atoms with E-state index in [-0.39, 0.29) is 11.8 Å². The molecule has 0 atom stereocenters. The molecule has 0 spiro atoms. The van der Waals surface area contributed by atoms with Crippen molar-refractivity contribution in [1.29, 1.82) is 0 Å². The summed E-state index contributed by atoms with van der Waals surface area (Å²) >= 11 is 0. The van der Waals surface area contributed by atoms with Crippen LogP contribution in [0.3, 0.4) is 0 Å². The number of nitrogens with zero attached hydrogens (tertiary/aromatic N) is 1. The monoisotopic (exact) mass is 303 g/mol. The van der Waals surface area contributed by atoms with Gasteiger partial charge in [-0.3, -0.25) is 9.59 Å². The van der Waals surface area contributed by atoms with Crippen LogP contribution in [-0.4, -0.2) is 34.1 Å². The number of ether oxygens (including phenoxy) is 1. The molecule has 1 amide bonds. The largest absolute Gasteiger partial charge is 0.494 e. The van der Waals surface area contributed by atoms with Crippen molar-refractivity contribution in [2.75, 3.05) is 13.2 Å². The Morgan fingerprint density at radius 2 is 2.09 bits per heavy atom. The third kappa shape index (κ3) is 4.34. The van der Waals surface area contributed by atoms with Crippen LogP contribution in [0.4, 0.5) is 0 Å². The summed E-state index contributed by atoms with van der Waals surface area (Å²) < 4.78 is 5.30. The van der Waals surface area contributed by atoms with Gasteiger partial charge >= 0.3 is 0 Å². The molecule has 1 aromatic carbocycles. The molecule has 0 bridgehead atoms. The smallest absolute Gasteiger partial charge is 0.254 e. The van der Waals surface area contributed by atoms with E-state index in [0.29, 0.717) is 36.7 Å². The molecule has 7 nitrogen and oxygen atoms in total. The van der Waals surface area contributed by atoms with Gasteiger partial charge in [0, 0.05) is 18.5 Å². The summed E-state index contributed by atoms with van der Waals surface area (Å²) in [5, 5.41) is 11.9. The average Bonchev–Trinajstić information content (AvgIpc) is 2.47. The highest BCUT2D eigenvalue weighted by atomic mass is 16.5. The molecule has 0 aliphatic heterocycles. The van der Waals surface area contributed by atoms with Gasteiger partial charge in [-0.1, -0.05) is 0 Å². The normalized spacial score (nSPS) is 10.2. The molecule has 2 rings (SSSR count). The van der Waals surface area contributed by atoms with Gasteiger partial charge < -0.3 is 20.1 Å². The Bertz CT molecular complexity index is 695. The van der Waals surface area contributed by atoms with Crippen molar-refractivity contribution in [3.63, 3.8) is 0 Å². The van der Waals surface area contributed by atoms with Gasteiger partial charge in [-0.15, -0.1) is 0 Å². The van der Waals surface area contributed by atoms with Crippen LogP contribution in [0.1, 0.15) is 23.1 Å². The summed E-state index contributed by atoms with van der Waals surface area (Å²) in [5.74, 6) is 0.458. The number of benzene rings is 1. The maximum absolute atomic E-state index is 11.9. The quantitative estimate of drug-likeness (QED) is 0.734. The van der Waals surface area contributed by atoms with Crippen LogP contribution in [0.15, 0.2) is 35.1 Å². The molecule has 1 heterocycles. The minimum absolute atomic E-state index is 0.231. The zero-order chi connectivity index (χ0) is 15.9. The molecule has 0 unspecified atom stereocenters. The molecule has 0 aliphatic rings. The number of carbonyl (C=O) groups is 1. The van der Waals surface area contributed by atoms with Crippen LogP contribution in [0, 0.1) is 0 Å². The standard InChI is InChI=1S/C15H17N3O4/c1-2-22-11-5-3-10(4-6-11)15(21)16-8-7-12-17-13(19)9-14(20)18-12/h3-6,9H,2,7-8H2,1H3,(H,16,21)(H2,17,18,19,20). The van der Waals surface area contributed by atoms with Crippen LogP contribution in [0.2, 0.25) is 0 Å². The van der Waals surface area contributed by atoms with Crippen LogP contribution < -0.4 is 15.6 Å². The molecule has 22 heavy (non-hydrogen) atoms. The Labute approximate surface area is 127 Å². The lowest BCUT2D eigenvalue weighted by molar-refractivity contribution is 0.0954. The van der Waals surface area contributed by atoms with Crippen molar-refractivity contribution >= 4 is 5.91 Å². The molecular weight excluding hydrogens is 286 g/mol. The van der Waals surface area contributed by atoms with Crippen LogP contribution in [-0.2, 0) is 6.42 Å². The van der Waals surface area contributed by atoms with Gasteiger partial charge in [0.15, 0.2) is 0 Å². The van der Waals surface area contributed by atoms with E-state index >= 15 is 0 Å². The first kappa shape index (κ1) is 15.6. The van der Waals surface area contributed by atoms with Crippen molar-refractivity contribution in [2.24, 2.45) is 0 Å². The van der Waals surface area contributed by atoms with Crippen LogP contribution >= 0.6 is 0 Å². The van der Waals surface area contributed by atoms with E-state index in [2.05, 4.69) is 15.3 Å². The highest BCUT2D eigenvalue weighted by Gasteiger charge is 2.06. The molecular formula is C15H17N3O4. The summed E-state index contributed by atoms with van der Waals surface area (Å²) in [6.07, 6.45) is 0.312. The van der Waals surface area contributed by atoms with Crippen LogP contribution in [0.25, 0.3) is 0 Å². The third-order valence-electron chi connectivity index (χ3n) is 2.85. The summed E-state index contributed by atoms with van der Waals surface area (Å²) in [6.45, 7) is 2.75. The van der Waals surface area contributed by atoms with Gasteiger partial charge in [0.05, 0.1) is 12.7 Å². The predicted octanol–water partition coefficient (Wildman–Crippen LogP) is 0.847. The van der Waals surface area contributed by atoms with Gasteiger partial charge in [0.1, 0.15) is 11.6 Å². The van der Waals surface area contributed by atoms with Gasteiger partial charge in [0.25, 0.3) is 11.5 Å². The molecule has 7 heteroatoms. The van der Waals surface area contributed by atoms with E-state index < -0.39 is 5.56 Å². The van der Waals surface area contributed by atoms with E-state index in [1.807, 2.05) is 6.92 Å². The fourth-order valence-corrected chi connectivity index (χ4v) is 1.88. The molecule has 0 radical (unpaired) electrons. The van der Waals surface area contributed by atoms with Crippen LogP contribution in [0.5, 0.6) is 11.6 Å². The molecule has 2 aromatic rings. The minimum Gasteiger partial charge on any atom is -0.494 e. The molecule has 0 saturated heterocycles. The summed E-state index contributed by atoms with van der Waals surface area (Å²) in [7, 11) is 0. The van der Waals surface area contributed by atoms with Gasteiger partial charge in [-0.05, 0) is 31.2 Å². The third-order valence-corrected chi connectivity index (χ3v) is 2.85. The van der Waals surface area contributed by atoms with Crippen molar-refractivity contribution in [3.8, 4) is 11.6 Å². The fraction of sp³-hybridized carbons (Fsp3) is 0.267. The van der Waals surface area contributed by atoms with E-state index in [1.54, 1.807) is 24.3 Å². The number of amides is 1. The maximum Gasteiger partial charge on any atom is 0.254 e. The Morgan fingerprint density at radius 3 is 2.73 bits per heavy atom. The zero-order valence-electron chi connectivity index (χ0n) is 12.1. The van der Waals surface area contributed by atoms with Gasteiger partial charge in [-0.25, -0.2) is 4.98 Å². The second kappa shape index (κ2) is 7.26. The highest BCUT2D eigenvalue weighted by Crippen LogP contribution is 2.11. The molecule has 116 valence electrons. The van der Waals surface area contributed by atoms with Crippen molar-refractivity contribution in [3.05, 3.63) is 52.1 Å². The predicted molar refractivity (Wildman–Crippen MR) is 80.2 cm³/mol. The number of aromatic hydroxyl groups is 1. The first-order chi connectivity index (χ1) is 10.6. The summed E-state index contributed by atoms with van der Waals surface area (Å²) in [5.41, 5.74) is 0.0844. The zero-order valence-corrected chi connectivity index (χ0v) is 12.1. The number of aromatic amines is 1. The number of aromatic nitrogens is 2. The van der Waals surface area contributed by atoms with E-state index in [1.165, 1.54) is 0 Å². The Hall–Kier alpha value is -2.83. The second-order valence-corrected chi connectivity index (χ2v) is 4.51. The SMILES string of the molecule is CCOc1ccc(C(=O)NCCc2nc(O)cc(=O)[nH]2)cc1. The van der Waals surface area contributed by atoms with Crippen molar-refractivity contribution in [2.45, 2.75) is 13.3 Å².